The minimum atomic E-state index is -0.819. The molecule has 1 aliphatic heterocycles. The summed E-state index contributed by atoms with van der Waals surface area (Å²) >= 11 is 0. The summed E-state index contributed by atoms with van der Waals surface area (Å²) in [6.07, 6.45) is 1.32. The topological polar surface area (TPSA) is 133 Å². The Bertz CT molecular complexity index is 1250. The molecular formula is C25H26N4O5. The number of anilines is 3. The number of carbonyl (C=O) groups excluding carboxylic acids is 2. The van der Waals surface area contributed by atoms with E-state index in [9.17, 15) is 19.5 Å². The molecule has 34 heavy (non-hydrogen) atoms. The monoisotopic (exact) mass is 462 g/mol. The van der Waals surface area contributed by atoms with Crippen LogP contribution in [0, 0.1) is 13.8 Å². The van der Waals surface area contributed by atoms with Crippen LogP contribution >= 0.6 is 0 Å². The minimum absolute atomic E-state index is 0.0857. The first-order valence-corrected chi connectivity index (χ1v) is 10.8. The average molecular weight is 463 g/mol. The van der Waals surface area contributed by atoms with E-state index in [1.54, 1.807) is 18.2 Å². The van der Waals surface area contributed by atoms with Gasteiger partial charge in [0.05, 0.1) is 16.9 Å². The molecule has 0 radical (unpaired) electrons. The number of ether oxygens (including phenoxy) is 1. The van der Waals surface area contributed by atoms with Crippen molar-refractivity contribution in [1.82, 2.24) is 4.98 Å². The molecule has 0 spiro atoms. The van der Waals surface area contributed by atoms with Crippen LogP contribution in [0.2, 0.25) is 0 Å². The third-order valence-corrected chi connectivity index (χ3v) is 5.81. The predicted molar refractivity (Wildman–Crippen MR) is 130 cm³/mol. The van der Waals surface area contributed by atoms with Gasteiger partial charge >= 0.3 is 0 Å². The number of pyridine rings is 1. The summed E-state index contributed by atoms with van der Waals surface area (Å²) in [7, 11) is 0. The SMILES string of the molecule is Cc1ccc(OCC(O)CNc2cc[nH]c(=O)c2C2Nc3cc(C=O)c(C=O)cc3N2)cc1C. The quantitative estimate of drug-likeness (QED) is 0.307. The molecule has 176 valence electrons. The van der Waals surface area contributed by atoms with E-state index in [0.29, 0.717) is 40.9 Å². The zero-order chi connectivity index (χ0) is 24.2. The Balaban J connectivity index is 1.45. The Morgan fingerprint density at radius 2 is 1.71 bits per heavy atom. The zero-order valence-corrected chi connectivity index (χ0v) is 18.8. The van der Waals surface area contributed by atoms with Crippen LogP contribution in [0.5, 0.6) is 5.75 Å². The Morgan fingerprint density at radius 1 is 1.03 bits per heavy atom. The van der Waals surface area contributed by atoms with E-state index in [0.717, 1.165) is 11.1 Å². The van der Waals surface area contributed by atoms with Crippen molar-refractivity contribution in [2.75, 3.05) is 29.1 Å². The molecule has 1 aromatic heterocycles. The second-order valence-electron chi connectivity index (χ2n) is 8.21. The van der Waals surface area contributed by atoms with Gasteiger partial charge in [-0.3, -0.25) is 14.4 Å². The molecule has 0 fully saturated rings. The van der Waals surface area contributed by atoms with Crippen LogP contribution in [-0.2, 0) is 0 Å². The zero-order valence-electron chi connectivity index (χ0n) is 18.8. The van der Waals surface area contributed by atoms with E-state index in [1.165, 1.54) is 6.20 Å². The summed E-state index contributed by atoms with van der Waals surface area (Å²) in [5, 5.41) is 19.9. The van der Waals surface area contributed by atoms with Gasteiger partial charge in [-0.2, -0.15) is 0 Å². The molecule has 9 nitrogen and oxygen atoms in total. The number of nitrogens with one attached hydrogen (secondary N) is 4. The van der Waals surface area contributed by atoms with Crippen LogP contribution in [0.15, 0.2) is 47.4 Å². The lowest BCUT2D eigenvalue weighted by Crippen LogP contribution is -2.29. The molecule has 9 heteroatoms. The highest BCUT2D eigenvalue weighted by atomic mass is 16.5. The van der Waals surface area contributed by atoms with E-state index in [-0.39, 0.29) is 29.8 Å². The summed E-state index contributed by atoms with van der Waals surface area (Å²) in [4.78, 5) is 37.9. The molecule has 0 saturated heterocycles. The molecule has 3 aromatic rings. The van der Waals surface area contributed by atoms with Crippen molar-refractivity contribution in [3.8, 4) is 5.75 Å². The van der Waals surface area contributed by atoms with Crippen LogP contribution in [-0.4, -0.2) is 41.9 Å². The summed E-state index contributed by atoms with van der Waals surface area (Å²) in [6, 6.07) is 10.6. The van der Waals surface area contributed by atoms with Crippen LogP contribution in [0.1, 0.15) is 43.6 Å². The predicted octanol–water partition coefficient (Wildman–Crippen LogP) is 3.00. The number of carbonyl (C=O) groups is 2. The molecule has 1 aliphatic rings. The maximum absolute atomic E-state index is 12.7. The van der Waals surface area contributed by atoms with E-state index >= 15 is 0 Å². The number of aryl methyl sites for hydroxylation is 2. The van der Waals surface area contributed by atoms with Crippen molar-refractivity contribution in [3.05, 3.63) is 80.8 Å². The fraction of sp³-hybridized carbons (Fsp3) is 0.240. The van der Waals surface area contributed by atoms with Gasteiger partial charge in [-0.05, 0) is 55.3 Å². The van der Waals surface area contributed by atoms with Gasteiger partial charge < -0.3 is 30.8 Å². The number of hydrogen-bond donors (Lipinski definition) is 5. The van der Waals surface area contributed by atoms with Crippen LogP contribution < -0.4 is 26.2 Å². The molecule has 0 bridgehead atoms. The molecule has 2 heterocycles. The summed E-state index contributed by atoms with van der Waals surface area (Å²) in [5.74, 6) is 0.681. The number of hydrogen-bond acceptors (Lipinski definition) is 8. The number of aliphatic hydroxyl groups excluding tert-OH is 1. The molecular weight excluding hydrogens is 436 g/mol. The molecule has 5 N–H and O–H groups in total. The van der Waals surface area contributed by atoms with Crippen molar-refractivity contribution in [3.63, 3.8) is 0 Å². The third-order valence-electron chi connectivity index (χ3n) is 5.81. The lowest BCUT2D eigenvalue weighted by Gasteiger charge is -2.19. The van der Waals surface area contributed by atoms with Gasteiger partial charge in [0, 0.05) is 29.6 Å². The van der Waals surface area contributed by atoms with Crippen molar-refractivity contribution >= 4 is 29.6 Å². The van der Waals surface area contributed by atoms with Crippen molar-refractivity contribution < 1.29 is 19.4 Å². The number of aromatic amines is 1. The largest absolute Gasteiger partial charge is 0.491 e. The number of aromatic nitrogens is 1. The Morgan fingerprint density at radius 3 is 2.32 bits per heavy atom. The molecule has 2 aromatic carbocycles. The highest BCUT2D eigenvalue weighted by molar-refractivity contribution is 5.95. The maximum Gasteiger partial charge on any atom is 0.257 e. The second kappa shape index (κ2) is 9.80. The summed E-state index contributed by atoms with van der Waals surface area (Å²) < 4.78 is 5.69. The normalized spacial score (nSPS) is 13.4. The minimum Gasteiger partial charge on any atom is -0.491 e. The molecule has 1 unspecified atom stereocenters. The molecule has 0 aliphatic carbocycles. The highest BCUT2D eigenvalue weighted by Gasteiger charge is 2.27. The summed E-state index contributed by atoms with van der Waals surface area (Å²) in [5.41, 5.74) is 4.58. The third kappa shape index (κ3) is 4.79. The van der Waals surface area contributed by atoms with Gasteiger partial charge in [-0.1, -0.05) is 6.07 Å². The summed E-state index contributed by atoms with van der Waals surface area (Å²) in [6.45, 7) is 4.26. The maximum atomic E-state index is 12.7. The number of aldehydes is 2. The molecule has 0 saturated carbocycles. The van der Waals surface area contributed by atoms with Gasteiger partial charge in [0.15, 0.2) is 12.6 Å². The average Bonchev–Trinajstić information content (AvgIpc) is 3.24. The number of H-pyrrole nitrogens is 1. The molecule has 1 atom stereocenters. The number of rotatable bonds is 9. The number of fused-ring (bicyclic) bond motifs is 1. The molecule has 4 rings (SSSR count). The van der Waals surface area contributed by atoms with Crippen LogP contribution in [0.25, 0.3) is 0 Å². The Kier molecular flexibility index (Phi) is 6.65. The number of benzene rings is 2. The van der Waals surface area contributed by atoms with Crippen LogP contribution in [0.4, 0.5) is 17.1 Å². The fourth-order valence-corrected chi connectivity index (χ4v) is 3.78. The van der Waals surface area contributed by atoms with Crippen molar-refractivity contribution in [1.29, 1.82) is 0 Å². The van der Waals surface area contributed by atoms with Gasteiger partial charge in [0.25, 0.3) is 5.56 Å². The van der Waals surface area contributed by atoms with E-state index in [4.69, 9.17) is 4.74 Å². The van der Waals surface area contributed by atoms with Gasteiger partial charge in [0.1, 0.15) is 24.6 Å². The molecule has 0 amide bonds. The van der Waals surface area contributed by atoms with E-state index in [2.05, 4.69) is 20.9 Å². The lowest BCUT2D eigenvalue weighted by atomic mass is 10.1. The second-order valence-corrected chi connectivity index (χ2v) is 8.21. The van der Waals surface area contributed by atoms with Crippen molar-refractivity contribution in [2.45, 2.75) is 26.1 Å². The van der Waals surface area contributed by atoms with E-state index in [1.807, 2.05) is 32.0 Å². The number of aliphatic hydroxyl groups is 1. The standard InChI is InChI=1S/C25H26N4O5/c1-14-3-4-19(7-15(14)2)34-13-18(32)10-27-20-5-6-26-25(33)23(20)24-28-21-8-16(11-30)17(12-31)9-22(21)29-24/h3-9,11-12,18,24,28-29,32H,10,13H2,1-2H3,(H2,26,27,33). The van der Waals surface area contributed by atoms with Gasteiger partial charge in [-0.15, -0.1) is 0 Å². The van der Waals surface area contributed by atoms with Crippen LogP contribution in [0.3, 0.4) is 0 Å². The van der Waals surface area contributed by atoms with E-state index < -0.39 is 12.3 Å². The Hall–Kier alpha value is -4.11. The smallest absolute Gasteiger partial charge is 0.257 e. The van der Waals surface area contributed by atoms with Crippen molar-refractivity contribution in [2.24, 2.45) is 0 Å². The van der Waals surface area contributed by atoms with Gasteiger partial charge in [0.2, 0.25) is 0 Å². The first kappa shape index (κ1) is 23.1. The first-order chi connectivity index (χ1) is 16.4. The Labute approximate surface area is 196 Å². The first-order valence-electron chi connectivity index (χ1n) is 10.8. The fourth-order valence-electron chi connectivity index (χ4n) is 3.78. The van der Waals surface area contributed by atoms with Gasteiger partial charge in [-0.25, -0.2) is 0 Å². The lowest BCUT2D eigenvalue weighted by molar-refractivity contribution is 0.109. The highest BCUT2D eigenvalue weighted by Crippen LogP contribution is 2.37.